The van der Waals surface area contributed by atoms with E-state index in [0.717, 1.165) is 5.56 Å². The second-order valence-electron chi connectivity index (χ2n) is 4.35. The minimum atomic E-state index is -0.250. The van der Waals surface area contributed by atoms with Crippen molar-refractivity contribution in [2.24, 2.45) is 5.73 Å². The third-order valence-corrected chi connectivity index (χ3v) is 2.82. The molecule has 2 aromatic rings. The van der Waals surface area contributed by atoms with Crippen molar-refractivity contribution in [1.29, 1.82) is 0 Å². The van der Waals surface area contributed by atoms with Crippen molar-refractivity contribution < 1.29 is 9.90 Å². The maximum atomic E-state index is 12.1. The van der Waals surface area contributed by atoms with Crippen LogP contribution in [-0.2, 0) is 6.42 Å². The Balaban J connectivity index is 2.15. The van der Waals surface area contributed by atoms with Crippen LogP contribution in [0, 0.1) is 0 Å². The lowest BCUT2D eigenvalue weighted by molar-refractivity contribution is 0.102. The molecule has 0 aliphatic carbocycles. The molecule has 0 unspecified atom stereocenters. The zero-order valence-electron chi connectivity index (χ0n) is 10.7. The van der Waals surface area contributed by atoms with Crippen molar-refractivity contribution in [3.63, 3.8) is 0 Å². The Morgan fingerprint density at radius 2 is 1.95 bits per heavy atom. The molecule has 0 saturated carbocycles. The SMILES string of the molecule is NC(=S)Cc1cccc(C(=O)Nc2cccc(O)c2)c1. The summed E-state index contributed by atoms with van der Waals surface area (Å²) in [6.07, 6.45) is 0.461. The monoisotopic (exact) mass is 286 g/mol. The van der Waals surface area contributed by atoms with Crippen LogP contribution < -0.4 is 11.1 Å². The van der Waals surface area contributed by atoms with Crippen LogP contribution in [0.15, 0.2) is 48.5 Å². The van der Waals surface area contributed by atoms with Gasteiger partial charge in [0.1, 0.15) is 5.75 Å². The molecule has 4 N–H and O–H groups in total. The van der Waals surface area contributed by atoms with Gasteiger partial charge in [-0.15, -0.1) is 0 Å². The highest BCUT2D eigenvalue weighted by atomic mass is 32.1. The summed E-state index contributed by atoms with van der Waals surface area (Å²) in [5, 5.41) is 12.1. The molecule has 0 saturated heterocycles. The molecular weight excluding hydrogens is 272 g/mol. The van der Waals surface area contributed by atoms with Crippen LogP contribution >= 0.6 is 12.2 Å². The van der Waals surface area contributed by atoms with E-state index in [0.29, 0.717) is 22.7 Å². The van der Waals surface area contributed by atoms with Gasteiger partial charge in [0, 0.05) is 23.7 Å². The quantitative estimate of drug-likeness (QED) is 0.755. The van der Waals surface area contributed by atoms with Gasteiger partial charge in [0.15, 0.2) is 0 Å². The lowest BCUT2D eigenvalue weighted by atomic mass is 10.1. The maximum absolute atomic E-state index is 12.1. The Morgan fingerprint density at radius 1 is 1.20 bits per heavy atom. The molecule has 2 rings (SSSR count). The molecule has 20 heavy (non-hydrogen) atoms. The number of amides is 1. The van der Waals surface area contributed by atoms with Gasteiger partial charge in [0.25, 0.3) is 5.91 Å². The zero-order valence-corrected chi connectivity index (χ0v) is 11.5. The number of phenolic OH excluding ortho intramolecular Hbond substituents is 1. The lowest BCUT2D eigenvalue weighted by Gasteiger charge is -2.07. The van der Waals surface area contributed by atoms with Crippen LogP contribution in [0.5, 0.6) is 5.75 Å². The summed E-state index contributed by atoms with van der Waals surface area (Å²) in [6.45, 7) is 0. The predicted octanol–water partition coefficient (Wildman–Crippen LogP) is 2.47. The molecule has 5 heteroatoms. The first-order valence-corrected chi connectivity index (χ1v) is 6.43. The molecule has 0 spiro atoms. The lowest BCUT2D eigenvalue weighted by Crippen LogP contribution is -2.14. The minimum Gasteiger partial charge on any atom is -0.508 e. The van der Waals surface area contributed by atoms with Crippen LogP contribution in [-0.4, -0.2) is 16.0 Å². The fraction of sp³-hybridized carbons (Fsp3) is 0.0667. The summed E-state index contributed by atoms with van der Waals surface area (Å²) >= 11 is 4.86. The number of thiocarbonyl (C=S) groups is 1. The largest absolute Gasteiger partial charge is 0.508 e. The third kappa shape index (κ3) is 3.80. The highest BCUT2D eigenvalue weighted by molar-refractivity contribution is 7.80. The van der Waals surface area contributed by atoms with E-state index < -0.39 is 0 Å². The van der Waals surface area contributed by atoms with E-state index >= 15 is 0 Å². The van der Waals surface area contributed by atoms with E-state index in [4.69, 9.17) is 18.0 Å². The standard InChI is InChI=1S/C15H14N2O2S/c16-14(20)8-10-3-1-4-11(7-10)15(19)17-12-5-2-6-13(18)9-12/h1-7,9,18H,8H2,(H2,16,20)(H,17,19). The van der Waals surface area contributed by atoms with E-state index in [9.17, 15) is 9.90 Å². The van der Waals surface area contributed by atoms with Crippen molar-refractivity contribution in [3.8, 4) is 5.75 Å². The first-order chi connectivity index (χ1) is 9.54. The number of aromatic hydroxyl groups is 1. The molecule has 0 heterocycles. The first-order valence-electron chi connectivity index (χ1n) is 6.02. The predicted molar refractivity (Wildman–Crippen MR) is 83.0 cm³/mol. The van der Waals surface area contributed by atoms with Gasteiger partial charge >= 0.3 is 0 Å². The summed E-state index contributed by atoms with van der Waals surface area (Å²) < 4.78 is 0. The van der Waals surface area contributed by atoms with Gasteiger partial charge in [0.05, 0.1) is 4.99 Å². The number of anilines is 1. The van der Waals surface area contributed by atoms with Gasteiger partial charge in [-0.05, 0) is 29.8 Å². The molecule has 1 amide bonds. The Bertz CT molecular complexity index is 656. The fourth-order valence-electron chi connectivity index (χ4n) is 1.81. The van der Waals surface area contributed by atoms with Gasteiger partial charge in [-0.2, -0.15) is 0 Å². The van der Waals surface area contributed by atoms with Crippen LogP contribution in [0.4, 0.5) is 5.69 Å². The molecule has 0 fully saturated rings. The van der Waals surface area contributed by atoms with Crippen molar-refractivity contribution in [1.82, 2.24) is 0 Å². The molecule has 0 aliphatic heterocycles. The number of carbonyl (C=O) groups is 1. The Labute approximate surface area is 122 Å². The van der Waals surface area contributed by atoms with Gasteiger partial charge in [-0.25, -0.2) is 0 Å². The summed E-state index contributed by atoms with van der Waals surface area (Å²) in [6, 6.07) is 13.5. The van der Waals surface area contributed by atoms with E-state index in [2.05, 4.69) is 5.32 Å². The topological polar surface area (TPSA) is 75.4 Å². The molecule has 102 valence electrons. The summed E-state index contributed by atoms with van der Waals surface area (Å²) in [5.41, 5.74) is 7.44. The molecule has 4 nitrogen and oxygen atoms in total. The van der Waals surface area contributed by atoms with Gasteiger partial charge in [0.2, 0.25) is 0 Å². The number of carbonyl (C=O) groups excluding carboxylic acids is 1. The second-order valence-corrected chi connectivity index (χ2v) is 4.87. The van der Waals surface area contributed by atoms with Crippen molar-refractivity contribution in [3.05, 3.63) is 59.7 Å². The number of nitrogens with one attached hydrogen (secondary N) is 1. The molecule has 0 bridgehead atoms. The molecule has 0 atom stereocenters. The van der Waals surface area contributed by atoms with E-state index in [-0.39, 0.29) is 11.7 Å². The smallest absolute Gasteiger partial charge is 0.255 e. The van der Waals surface area contributed by atoms with Crippen LogP contribution in [0.25, 0.3) is 0 Å². The first kappa shape index (κ1) is 14.0. The number of nitrogens with two attached hydrogens (primary N) is 1. The number of phenols is 1. The number of rotatable bonds is 4. The van der Waals surface area contributed by atoms with Gasteiger partial charge in [-0.1, -0.05) is 30.4 Å². The highest BCUT2D eigenvalue weighted by Gasteiger charge is 2.07. The molecule has 0 aromatic heterocycles. The average Bonchev–Trinajstić information content (AvgIpc) is 2.38. The van der Waals surface area contributed by atoms with Gasteiger partial charge < -0.3 is 16.2 Å². The van der Waals surface area contributed by atoms with Crippen molar-refractivity contribution in [2.75, 3.05) is 5.32 Å². The Hall–Kier alpha value is -2.40. The number of hydrogen-bond donors (Lipinski definition) is 3. The second kappa shape index (κ2) is 6.16. The summed E-state index contributed by atoms with van der Waals surface area (Å²) in [7, 11) is 0. The molecule has 2 aromatic carbocycles. The van der Waals surface area contributed by atoms with Crippen molar-refractivity contribution >= 4 is 28.8 Å². The average molecular weight is 286 g/mol. The Morgan fingerprint density at radius 3 is 2.65 bits per heavy atom. The fourth-order valence-corrected chi connectivity index (χ4v) is 1.98. The third-order valence-electron chi connectivity index (χ3n) is 2.67. The Kier molecular flexibility index (Phi) is 4.32. The number of benzene rings is 2. The molecule has 0 radical (unpaired) electrons. The van der Waals surface area contributed by atoms with Gasteiger partial charge in [-0.3, -0.25) is 4.79 Å². The zero-order chi connectivity index (χ0) is 14.5. The maximum Gasteiger partial charge on any atom is 0.255 e. The summed E-state index contributed by atoms with van der Waals surface area (Å²) in [5.74, 6) is -0.148. The number of hydrogen-bond acceptors (Lipinski definition) is 3. The van der Waals surface area contributed by atoms with E-state index in [1.54, 1.807) is 36.4 Å². The molecular formula is C15H14N2O2S. The molecule has 0 aliphatic rings. The summed E-state index contributed by atoms with van der Waals surface area (Å²) in [4.78, 5) is 12.5. The van der Waals surface area contributed by atoms with E-state index in [1.165, 1.54) is 6.07 Å². The van der Waals surface area contributed by atoms with Crippen molar-refractivity contribution in [2.45, 2.75) is 6.42 Å². The van der Waals surface area contributed by atoms with Crippen LogP contribution in [0.1, 0.15) is 15.9 Å². The van der Waals surface area contributed by atoms with Crippen LogP contribution in [0.2, 0.25) is 0 Å². The minimum absolute atomic E-state index is 0.102. The highest BCUT2D eigenvalue weighted by Crippen LogP contribution is 2.16. The van der Waals surface area contributed by atoms with E-state index in [1.807, 2.05) is 6.07 Å². The normalized spacial score (nSPS) is 10.0. The van der Waals surface area contributed by atoms with Crippen LogP contribution in [0.3, 0.4) is 0 Å².